The molecule has 2 aromatic heterocycles. The molecule has 0 saturated carbocycles. The maximum atomic E-state index is 6.26. The van der Waals surface area contributed by atoms with Gasteiger partial charge in [0.25, 0.3) is 0 Å². The number of morpholine rings is 1. The van der Waals surface area contributed by atoms with Gasteiger partial charge in [-0.2, -0.15) is 0 Å². The van der Waals surface area contributed by atoms with Gasteiger partial charge in [-0.05, 0) is 56.5 Å². The Bertz CT molecular complexity index is 1400. The van der Waals surface area contributed by atoms with Crippen molar-refractivity contribution in [2.24, 2.45) is 0 Å². The van der Waals surface area contributed by atoms with Gasteiger partial charge in [0.15, 0.2) is 5.58 Å². The first-order valence-electron chi connectivity index (χ1n) is 12.6. The molecule has 1 aliphatic rings. The lowest BCUT2D eigenvalue weighted by Gasteiger charge is -2.42. The van der Waals surface area contributed by atoms with Crippen LogP contribution in [0.1, 0.15) is 43.5 Å². The Labute approximate surface area is 212 Å². The predicted molar refractivity (Wildman–Crippen MR) is 144 cm³/mol. The van der Waals surface area contributed by atoms with Gasteiger partial charge in [0.2, 0.25) is 0 Å². The number of nitrogens with zero attached hydrogens (tertiary/aromatic N) is 5. The summed E-state index contributed by atoms with van der Waals surface area (Å²) in [4.78, 5) is 4.35. The fourth-order valence-electron chi connectivity index (χ4n) is 4.63. The summed E-state index contributed by atoms with van der Waals surface area (Å²) in [5, 5.41) is 9.78. The van der Waals surface area contributed by atoms with Gasteiger partial charge < -0.3 is 13.8 Å². The van der Waals surface area contributed by atoms with Crippen LogP contribution in [-0.4, -0.2) is 39.4 Å². The van der Waals surface area contributed by atoms with Crippen LogP contribution in [0.25, 0.3) is 22.7 Å². The summed E-state index contributed by atoms with van der Waals surface area (Å²) in [5.74, 6) is 0.852. The summed E-state index contributed by atoms with van der Waals surface area (Å²) in [6, 6.07) is 12.9. The summed E-state index contributed by atoms with van der Waals surface area (Å²) in [5.41, 5.74) is 7.11. The van der Waals surface area contributed by atoms with Crippen LogP contribution in [0.5, 0.6) is 0 Å². The molecule has 4 aromatic rings. The molecule has 0 unspecified atom stereocenters. The van der Waals surface area contributed by atoms with Crippen LogP contribution in [0.4, 0.5) is 5.69 Å². The number of imidazole rings is 1. The van der Waals surface area contributed by atoms with Gasteiger partial charge in [0, 0.05) is 12.7 Å². The van der Waals surface area contributed by atoms with E-state index in [2.05, 4.69) is 83.4 Å². The molecule has 1 fully saturated rings. The fourth-order valence-corrected chi connectivity index (χ4v) is 4.63. The zero-order valence-electron chi connectivity index (χ0n) is 21.4. The van der Waals surface area contributed by atoms with Crippen molar-refractivity contribution < 1.29 is 9.26 Å². The Morgan fingerprint density at radius 3 is 2.64 bits per heavy atom. The summed E-state index contributed by atoms with van der Waals surface area (Å²) < 4.78 is 13.9. The van der Waals surface area contributed by atoms with Crippen LogP contribution in [0, 0.1) is 13.8 Å². The van der Waals surface area contributed by atoms with E-state index in [0.29, 0.717) is 6.61 Å². The summed E-state index contributed by atoms with van der Waals surface area (Å²) in [6.07, 6.45) is 11.8. The van der Waals surface area contributed by atoms with Crippen molar-refractivity contribution in [1.29, 1.82) is 0 Å². The zero-order chi connectivity index (χ0) is 25.1. The monoisotopic (exact) mass is 483 g/mol. The lowest BCUT2D eigenvalue weighted by Crippen LogP contribution is -2.47. The van der Waals surface area contributed by atoms with E-state index >= 15 is 0 Å². The molecular weight excluding hydrogens is 450 g/mol. The van der Waals surface area contributed by atoms with Gasteiger partial charge in [-0.3, -0.25) is 10.0 Å². The summed E-state index contributed by atoms with van der Waals surface area (Å²) in [7, 11) is 0. The first-order valence-corrected chi connectivity index (χ1v) is 12.6. The second-order valence-electron chi connectivity index (χ2n) is 9.10. The Morgan fingerprint density at radius 2 is 1.92 bits per heavy atom. The van der Waals surface area contributed by atoms with Gasteiger partial charge in [-0.15, -0.1) is 0 Å². The molecule has 7 heteroatoms. The van der Waals surface area contributed by atoms with E-state index in [-0.39, 0.29) is 0 Å². The van der Waals surface area contributed by atoms with Crippen molar-refractivity contribution in [3.8, 4) is 5.69 Å². The van der Waals surface area contributed by atoms with Crippen molar-refractivity contribution in [2.75, 3.05) is 24.7 Å². The number of hydrogen-bond acceptors (Lipinski definition) is 6. The lowest BCUT2D eigenvalue weighted by atomic mass is 10.1. The third-order valence-corrected chi connectivity index (χ3v) is 6.36. The minimum Gasteiger partial charge on any atom is -0.489 e. The standard InChI is InChI=1S/C29H33N5O2/c1-5-7-26-28(35-16-15-34(26)33(14-6-2)24-11-8-21(3)9-12-24)17-23-10-13-27(29-25(23)18-31-36-29)32-19-22(4)30-20-32/h7-13,17-20H,5-6,14-16H2,1-4H3. The third kappa shape index (κ3) is 4.61. The van der Waals surface area contributed by atoms with Crippen molar-refractivity contribution >= 4 is 22.7 Å². The zero-order valence-corrected chi connectivity index (χ0v) is 21.4. The topological polar surface area (TPSA) is 59.6 Å². The molecular formula is C29H33N5O2. The van der Waals surface area contributed by atoms with Gasteiger partial charge in [-0.25, -0.2) is 4.98 Å². The Morgan fingerprint density at radius 1 is 1.08 bits per heavy atom. The number of aromatic nitrogens is 3. The number of fused-ring (bicyclic) bond motifs is 1. The van der Waals surface area contributed by atoms with E-state index in [9.17, 15) is 0 Å². The highest BCUT2D eigenvalue weighted by atomic mass is 16.5. The molecule has 36 heavy (non-hydrogen) atoms. The van der Waals surface area contributed by atoms with Crippen molar-refractivity contribution in [3.05, 3.63) is 89.5 Å². The quantitative estimate of drug-likeness (QED) is 0.302. The van der Waals surface area contributed by atoms with Gasteiger partial charge in [-0.1, -0.05) is 48.8 Å². The summed E-state index contributed by atoms with van der Waals surface area (Å²) >= 11 is 0. The highest BCUT2D eigenvalue weighted by Crippen LogP contribution is 2.32. The molecule has 0 aliphatic carbocycles. The van der Waals surface area contributed by atoms with Crippen LogP contribution >= 0.6 is 0 Å². The molecule has 5 rings (SSSR count). The average molecular weight is 484 g/mol. The van der Waals surface area contributed by atoms with Gasteiger partial charge in [0.1, 0.15) is 12.4 Å². The number of allylic oxidation sites excluding steroid dienone is 1. The molecule has 186 valence electrons. The Hall–Kier alpha value is -4.00. The van der Waals surface area contributed by atoms with Gasteiger partial charge in [0.05, 0.1) is 47.2 Å². The number of rotatable bonds is 7. The SMILES string of the molecule is CCC=C1C(=Cc2ccc(-n3cnc(C)c3)c3oncc23)OCCN1N(CCC)c1ccc(C)cc1. The highest BCUT2D eigenvalue weighted by molar-refractivity contribution is 5.92. The first kappa shape index (κ1) is 23.7. The highest BCUT2D eigenvalue weighted by Gasteiger charge is 2.26. The number of anilines is 1. The number of benzene rings is 2. The molecule has 0 bridgehead atoms. The van der Waals surface area contributed by atoms with E-state index in [1.54, 1.807) is 12.5 Å². The predicted octanol–water partition coefficient (Wildman–Crippen LogP) is 6.43. The third-order valence-electron chi connectivity index (χ3n) is 6.36. The van der Waals surface area contributed by atoms with E-state index in [1.807, 2.05) is 23.8 Å². The number of hydrogen-bond donors (Lipinski definition) is 0. The average Bonchev–Trinajstić information content (AvgIpc) is 3.54. The summed E-state index contributed by atoms with van der Waals surface area (Å²) in [6.45, 7) is 10.8. The number of hydrazine groups is 1. The van der Waals surface area contributed by atoms with Gasteiger partial charge >= 0.3 is 0 Å². The van der Waals surface area contributed by atoms with Crippen LogP contribution in [0.2, 0.25) is 0 Å². The van der Waals surface area contributed by atoms with Crippen molar-refractivity contribution in [3.63, 3.8) is 0 Å². The van der Waals surface area contributed by atoms with Crippen LogP contribution < -0.4 is 5.01 Å². The van der Waals surface area contributed by atoms with E-state index in [0.717, 1.165) is 65.3 Å². The maximum absolute atomic E-state index is 6.26. The smallest absolute Gasteiger partial charge is 0.191 e. The van der Waals surface area contributed by atoms with Crippen LogP contribution in [-0.2, 0) is 4.74 Å². The number of aryl methyl sites for hydroxylation is 2. The normalized spacial score (nSPS) is 16.2. The van der Waals surface area contributed by atoms with E-state index < -0.39 is 0 Å². The first-order chi connectivity index (χ1) is 17.6. The Kier molecular flexibility index (Phi) is 6.80. The lowest BCUT2D eigenvalue weighted by molar-refractivity contribution is 0.122. The van der Waals surface area contributed by atoms with E-state index in [4.69, 9.17) is 9.26 Å². The number of ether oxygens (including phenoxy) is 1. The molecule has 0 N–H and O–H groups in total. The molecule has 0 atom stereocenters. The largest absolute Gasteiger partial charge is 0.489 e. The van der Waals surface area contributed by atoms with Crippen LogP contribution in [0.3, 0.4) is 0 Å². The second-order valence-corrected chi connectivity index (χ2v) is 9.10. The molecule has 0 amide bonds. The maximum Gasteiger partial charge on any atom is 0.191 e. The second kappa shape index (κ2) is 10.3. The minimum atomic E-state index is 0.609. The molecule has 0 spiro atoms. The molecule has 2 aromatic carbocycles. The molecule has 1 saturated heterocycles. The molecule has 7 nitrogen and oxygen atoms in total. The Balaban J connectivity index is 1.54. The minimum absolute atomic E-state index is 0.609. The van der Waals surface area contributed by atoms with E-state index in [1.165, 1.54) is 11.3 Å². The fraction of sp³-hybridized carbons (Fsp3) is 0.310. The van der Waals surface area contributed by atoms with Crippen LogP contribution in [0.15, 0.2) is 77.2 Å². The molecule has 3 heterocycles. The molecule has 0 radical (unpaired) electrons. The van der Waals surface area contributed by atoms with Crippen molar-refractivity contribution in [1.82, 2.24) is 19.7 Å². The molecule has 1 aliphatic heterocycles. The van der Waals surface area contributed by atoms with Crippen molar-refractivity contribution in [2.45, 2.75) is 40.5 Å².